The van der Waals surface area contributed by atoms with Gasteiger partial charge < -0.3 is 4.90 Å². The summed E-state index contributed by atoms with van der Waals surface area (Å²) in [6, 6.07) is 2.26. The fourth-order valence-corrected chi connectivity index (χ4v) is 2.08. The first-order valence-corrected chi connectivity index (χ1v) is 5.95. The second-order valence-corrected chi connectivity index (χ2v) is 4.43. The summed E-state index contributed by atoms with van der Waals surface area (Å²) in [5.74, 6) is 0. The largest absolute Gasteiger partial charge is 0.364 e. The van der Waals surface area contributed by atoms with E-state index in [0.717, 1.165) is 5.45 Å². The van der Waals surface area contributed by atoms with Gasteiger partial charge in [0.05, 0.1) is 5.45 Å². The summed E-state index contributed by atoms with van der Waals surface area (Å²) in [4.78, 5) is 2.24. The topological polar surface area (TPSA) is 3.24 Å². The highest BCUT2D eigenvalue weighted by atomic mass is 79.9. The van der Waals surface area contributed by atoms with E-state index in [4.69, 9.17) is 0 Å². The molecule has 0 fully saturated rings. The van der Waals surface area contributed by atoms with Crippen molar-refractivity contribution in [2.45, 2.75) is 27.7 Å². The zero-order valence-electron chi connectivity index (χ0n) is 9.61. The van der Waals surface area contributed by atoms with E-state index in [0.29, 0.717) is 0 Å². The van der Waals surface area contributed by atoms with E-state index in [9.17, 15) is 0 Å². The Hall–Kier alpha value is -0.500. The minimum Gasteiger partial charge on any atom is -0.364 e. The van der Waals surface area contributed by atoms with Crippen molar-refractivity contribution in [1.29, 1.82) is 0 Å². The molecule has 0 bridgehead atoms. The molecule has 1 rings (SSSR count). The van der Waals surface area contributed by atoms with Crippen LogP contribution in [0.4, 0.5) is 5.69 Å². The molecule has 2 heteroatoms. The third kappa shape index (κ3) is 1.95. The van der Waals surface area contributed by atoms with Gasteiger partial charge in [0.1, 0.15) is 0 Å². The molecular formula is C12H18BrN. The van der Waals surface area contributed by atoms with Crippen molar-refractivity contribution in [2.75, 3.05) is 17.4 Å². The van der Waals surface area contributed by atoms with Crippen LogP contribution in [0, 0.1) is 27.7 Å². The van der Waals surface area contributed by atoms with Crippen molar-refractivity contribution < 1.29 is 0 Å². The lowest BCUT2D eigenvalue weighted by molar-refractivity contribution is 1.06. The van der Waals surface area contributed by atoms with Crippen molar-refractivity contribution in [3.05, 3.63) is 28.3 Å². The molecule has 0 aromatic heterocycles. The van der Waals surface area contributed by atoms with E-state index in [2.05, 4.69) is 61.6 Å². The Balaban J connectivity index is 3.39. The lowest BCUT2D eigenvalue weighted by Crippen LogP contribution is -2.17. The number of hydrogen-bond acceptors (Lipinski definition) is 1. The van der Waals surface area contributed by atoms with Crippen LogP contribution in [0.1, 0.15) is 22.3 Å². The van der Waals surface area contributed by atoms with Crippen molar-refractivity contribution in [1.82, 2.24) is 0 Å². The molecule has 14 heavy (non-hydrogen) atoms. The monoisotopic (exact) mass is 255 g/mol. The molecule has 0 aliphatic carbocycles. The highest BCUT2D eigenvalue weighted by Crippen LogP contribution is 2.29. The Morgan fingerprint density at radius 1 is 1.07 bits per heavy atom. The van der Waals surface area contributed by atoms with Gasteiger partial charge in [-0.05, 0) is 49.9 Å². The molecular weight excluding hydrogens is 238 g/mol. The molecule has 0 N–H and O–H groups in total. The first kappa shape index (κ1) is 11.6. The van der Waals surface area contributed by atoms with Crippen LogP contribution < -0.4 is 4.90 Å². The molecule has 0 radical (unpaired) electrons. The summed E-state index contributed by atoms with van der Waals surface area (Å²) in [5.41, 5.74) is 7.74. The molecule has 0 spiro atoms. The standard InChI is InChI=1S/C12H18BrN/c1-8-6-9(2)11(4)12(10(8)3)14(5)7-13/h6H,7H2,1-5H3. The van der Waals surface area contributed by atoms with Crippen LogP contribution in [0.15, 0.2) is 6.07 Å². The normalized spacial score (nSPS) is 10.4. The number of nitrogens with zero attached hydrogens (tertiary/aromatic N) is 1. The van der Waals surface area contributed by atoms with Gasteiger partial charge in [-0.15, -0.1) is 0 Å². The van der Waals surface area contributed by atoms with E-state index in [1.54, 1.807) is 0 Å². The number of alkyl halides is 1. The average Bonchev–Trinajstić information content (AvgIpc) is 2.15. The number of benzene rings is 1. The van der Waals surface area contributed by atoms with Crippen LogP contribution >= 0.6 is 15.9 Å². The maximum atomic E-state index is 3.49. The Bertz CT molecular complexity index is 318. The number of rotatable bonds is 2. The number of anilines is 1. The lowest BCUT2D eigenvalue weighted by atomic mass is 9.98. The summed E-state index contributed by atoms with van der Waals surface area (Å²) in [5, 5.41) is 0. The Labute approximate surface area is 95.2 Å². The fourth-order valence-electron chi connectivity index (χ4n) is 1.83. The third-order valence-electron chi connectivity index (χ3n) is 2.89. The molecule has 0 saturated carbocycles. The van der Waals surface area contributed by atoms with Crippen LogP contribution in [-0.2, 0) is 0 Å². The van der Waals surface area contributed by atoms with Crippen molar-refractivity contribution in [2.24, 2.45) is 0 Å². The number of halogens is 1. The first-order chi connectivity index (χ1) is 6.49. The maximum absolute atomic E-state index is 3.49. The van der Waals surface area contributed by atoms with Gasteiger partial charge in [-0.3, -0.25) is 0 Å². The maximum Gasteiger partial charge on any atom is 0.0732 e. The second kappa shape index (κ2) is 4.35. The SMILES string of the molecule is Cc1cc(C)c(C)c(N(C)CBr)c1C. The van der Waals surface area contributed by atoms with Crippen molar-refractivity contribution in [3.63, 3.8) is 0 Å². The molecule has 1 aromatic carbocycles. The molecule has 0 saturated heterocycles. The molecule has 0 amide bonds. The third-order valence-corrected chi connectivity index (χ3v) is 3.64. The van der Waals surface area contributed by atoms with Gasteiger partial charge in [0.25, 0.3) is 0 Å². The summed E-state index contributed by atoms with van der Waals surface area (Å²) < 4.78 is 0. The number of hydrogen-bond donors (Lipinski definition) is 0. The molecule has 78 valence electrons. The van der Waals surface area contributed by atoms with Crippen LogP contribution in [0.2, 0.25) is 0 Å². The summed E-state index contributed by atoms with van der Waals surface area (Å²) in [6.07, 6.45) is 0. The summed E-state index contributed by atoms with van der Waals surface area (Å²) in [7, 11) is 2.11. The smallest absolute Gasteiger partial charge is 0.0732 e. The average molecular weight is 256 g/mol. The summed E-state index contributed by atoms with van der Waals surface area (Å²) >= 11 is 3.49. The minimum absolute atomic E-state index is 0.873. The second-order valence-electron chi connectivity index (χ2n) is 3.93. The Kier molecular flexibility index (Phi) is 3.59. The van der Waals surface area contributed by atoms with E-state index in [1.165, 1.54) is 27.9 Å². The van der Waals surface area contributed by atoms with Crippen LogP contribution in [-0.4, -0.2) is 12.5 Å². The van der Waals surface area contributed by atoms with E-state index in [-0.39, 0.29) is 0 Å². The van der Waals surface area contributed by atoms with Gasteiger partial charge in [0.2, 0.25) is 0 Å². The molecule has 0 aliphatic rings. The molecule has 0 heterocycles. The molecule has 1 aromatic rings. The van der Waals surface area contributed by atoms with Gasteiger partial charge in [0.15, 0.2) is 0 Å². The van der Waals surface area contributed by atoms with Crippen LogP contribution in [0.25, 0.3) is 0 Å². The van der Waals surface area contributed by atoms with Crippen molar-refractivity contribution in [3.8, 4) is 0 Å². The van der Waals surface area contributed by atoms with E-state index >= 15 is 0 Å². The zero-order chi connectivity index (χ0) is 10.9. The molecule has 0 unspecified atom stereocenters. The Morgan fingerprint density at radius 3 is 1.86 bits per heavy atom. The predicted molar refractivity (Wildman–Crippen MR) is 67.6 cm³/mol. The lowest BCUT2D eigenvalue weighted by Gasteiger charge is -2.23. The van der Waals surface area contributed by atoms with Gasteiger partial charge in [-0.2, -0.15) is 0 Å². The highest BCUT2D eigenvalue weighted by molar-refractivity contribution is 9.09. The quantitative estimate of drug-likeness (QED) is 0.576. The van der Waals surface area contributed by atoms with Gasteiger partial charge in [-0.1, -0.05) is 22.0 Å². The summed E-state index contributed by atoms with van der Waals surface area (Å²) in [6.45, 7) is 8.73. The molecule has 0 aliphatic heterocycles. The highest BCUT2D eigenvalue weighted by Gasteiger charge is 2.10. The van der Waals surface area contributed by atoms with Gasteiger partial charge in [0, 0.05) is 12.7 Å². The van der Waals surface area contributed by atoms with Crippen LogP contribution in [0.3, 0.4) is 0 Å². The first-order valence-electron chi connectivity index (χ1n) is 4.83. The number of aryl methyl sites for hydroxylation is 2. The van der Waals surface area contributed by atoms with E-state index in [1.807, 2.05) is 0 Å². The fraction of sp³-hybridized carbons (Fsp3) is 0.500. The minimum atomic E-state index is 0.873. The van der Waals surface area contributed by atoms with Crippen molar-refractivity contribution >= 4 is 21.6 Å². The van der Waals surface area contributed by atoms with Crippen LogP contribution in [0.5, 0.6) is 0 Å². The molecule has 1 nitrogen and oxygen atoms in total. The molecule has 0 atom stereocenters. The Morgan fingerprint density at radius 2 is 1.50 bits per heavy atom. The zero-order valence-corrected chi connectivity index (χ0v) is 11.2. The van der Waals surface area contributed by atoms with E-state index < -0.39 is 0 Å². The predicted octanol–water partition coefficient (Wildman–Crippen LogP) is 3.71. The van der Waals surface area contributed by atoms with Gasteiger partial charge in [-0.25, -0.2) is 0 Å². The van der Waals surface area contributed by atoms with Gasteiger partial charge >= 0.3 is 0 Å².